The van der Waals surface area contributed by atoms with Crippen molar-refractivity contribution < 1.29 is 9.59 Å². The van der Waals surface area contributed by atoms with Gasteiger partial charge in [0.15, 0.2) is 0 Å². The quantitative estimate of drug-likeness (QED) is 0.765. The van der Waals surface area contributed by atoms with E-state index < -0.39 is 5.91 Å². The topological polar surface area (TPSA) is 84.2 Å². The Hall–Kier alpha value is -2.34. The largest absolute Gasteiger partial charge is 0.380 e. The highest BCUT2D eigenvalue weighted by Gasteiger charge is 2.05. The van der Waals surface area contributed by atoms with Crippen molar-refractivity contribution in [3.8, 4) is 0 Å². The second-order valence-electron chi connectivity index (χ2n) is 4.46. The van der Waals surface area contributed by atoms with Crippen molar-refractivity contribution in [1.82, 2.24) is 5.32 Å². The van der Waals surface area contributed by atoms with Gasteiger partial charge in [0, 0.05) is 34.6 Å². The lowest BCUT2D eigenvalue weighted by molar-refractivity contribution is 0.0954. The molecule has 1 aromatic carbocycles. The molecule has 2 rings (SSSR count). The van der Waals surface area contributed by atoms with E-state index in [2.05, 4.69) is 10.6 Å². The van der Waals surface area contributed by atoms with E-state index >= 15 is 0 Å². The number of primary amides is 1. The number of anilines is 1. The highest BCUT2D eigenvalue weighted by molar-refractivity contribution is 7.10. The summed E-state index contributed by atoms with van der Waals surface area (Å²) in [5.41, 5.74) is 7.29. The number of nitrogens with one attached hydrogen (secondary N) is 2. The molecule has 1 heterocycles. The predicted octanol–water partition coefficient (Wildman–Crippen LogP) is 2.21. The van der Waals surface area contributed by atoms with Gasteiger partial charge in [-0.15, -0.1) is 11.3 Å². The SMILES string of the molecule is CCNC(=O)c1ccc(NCc2cc(C(N)=O)cs2)cc1. The van der Waals surface area contributed by atoms with E-state index in [1.807, 2.05) is 19.1 Å². The molecule has 2 aromatic rings. The fraction of sp³-hybridized carbons (Fsp3) is 0.200. The standard InChI is InChI=1S/C15H17N3O2S/c1-2-17-15(20)10-3-5-12(6-4-10)18-8-13-7-11(9-21-13)14(16)19/h3-7,9,18H,2,8H2,1H3,(H2,16,19)(H,17,20). The molecular weight excluding hydrogens is 286 g/mol. The average Bonchev–Trinajstić information content (AvgIpc) is 2.95. The summed E-state index contributed by atoms with van der Waals surface area (Å²) < 4.78 is 0. The number of thiophene rings is 1. The number of rotatable bonds is 6. The van der Waals surface area contributed by atoms with Crippen molar-refractivity contribution in [2.75, 3.05) is 11.9 Å². The molecule has 0 radical (unpaired) electrons. The second kappa shape index (κ2) is 6.90. The number of amides is 2. The third kappa shape index (κ3) is 4.06. The molecule has 2 amide bonds. The van der Waals surface area contributed by atoms with E-state index in [0.29, 0.717) is 24.2 Å². The minimum absolute atomic E-state index is 0.0755. The highest BCUT2D eigenvalue weighted by Crippen LogP contribution is 2.17. The Morgan fingerprint density at radius 3 is 2.48 bits per heavy atom. The first-order chi connectivity index (χ1) is 10.1. The Kier molecular flexibility index (Phi) is 4.94. The highest BCUT2D eigenvalue weighted by atomic mass is 32.1. The molecular formula is C15H17N3O2S. The fourth-order valence-electron chi connectivity index (χ4n) is 1.79. The molecule has 110 valence electrons. The number of hydrogen-bond acceptors (Lipinski definition) is 4. The maximum atomic E-state index is 11.6. The van der Waals surface area contributed by atoms with Gasteiger partial charge in [-0.25, -0.2) is 0 Å². The van der Waals surface area contributed by atoms with Crippen LogP contribution in [-0.2, 0) is 6.54 Å². The van der Waals surface area contributed by atoms with Gasteiger partial charge in [0.1, 0.15) is 0 Å². The van der Waals surface area contributed by atoms with Crippen LogP contribution in [0.25, 0.3) is 0 Å². The van der Waals surface area contributed by atoms with Crippen LogP contribution in [0.2, 0.25) is 0 Å². The molecule has 0 aliphatic rings. The number of benzene rings is 1. The molecule has 0 saturated carbocycles. The van der Waals surface area contributed by atoms with Crippen molar-refractivity contribution in [1.29, 1.82) is 0 Å². The molecule has 0 bridgehead atoms. The summed E-state index contributed by atoms with van der Waals surface area (Å²) in [6, 6.07) is 9.04. The lowest BCUT2D eigenvalue weighted by Crippen LogP contribution is -2.22. The molecule has 0 saturated heterocycles. The van der Waals surface area contributed by atoms with Gasteiger partial charge in [-0.05, 0) is 37.3 Å². The lowest BCUT2D eigenvalue weighted by atomic mass is 10.2. The minimum atomic E-state index is -0.413. The summed E-state index contributed by atoms with van der Waals surface area (Å²) in [6.07, 6.45) is 0. The molecule has 5 nitrogen and oxygen atoms in total. The monoisotopic (exact) mass is 303 g/mol. The Labute approximate surface area is 127 Å². The van der Waals surface area contributed by atoms with Crippen LogP contribution in [-0.4, -0.2) is 18.4 Å². The normalized spacial score (nSPS) is 10.1. The summed E-state index contributed by atoms with van der Waals surface area (Å²) in [4.78, 5) is 23.7. The number of nitrogens with two attached hydrogens (primary N) is 1. The summed E-state index contributed by atoms with van der Waals surface area (Å²) in [5, 5.41) is 7.74. The van der Waals surface area contributed by atoms with E-state index in [1.54, 1.807) is 23.6 Å². The van der Waals surface area contributed by atoms with Gasteiger partial charge in [0.25, 0.3) is 5.91 Å². The van der Waals surface area contributed by atoms with Crippen molar-refractivity contribution in [2.45, 2.75) is 13.5 Å². The zero-order valence-electron chi connectivity index (χ0n) is 11.7. The molecule has 0 aliphatic carbocycles. The Morgan fingerprint density at radius 2 is 1.90 bits per heavy atom. The van der Waals surface area contributed by atoms with E-state index in [4.69, 9.17) is 5.73 Å². The second-order valence-corrected chi connectivity index (χ2v) is 5.45. The van der Waals surface area contributed by atoms with Crippen LogP contribution in [0, 0.1) is 0 Å². The van der Waals surface area contributed by atoms with Crippen molar-refractivity contribution >= 4 is 28.8 Å². The van der Waals surface area contributed by atoms with Gasteiger partial charge in [-0.2, -0.15) is 0 Å². The third-order valence-corrected chi connectivity index (χ3v) is 3.83. The Balaban J connectivity index is 1.94. The van der Waals surface area contributed by atoms with Crippen LogP contribution in [0.3, 0.4) is 0 Å². The van der Waals surface area contributed by atoms with Crippen molar-refractivity contribution in [3.63, 3.8) is 0 Å². The molecule has 0 fully saturated rings. The molecule has 6 heteroatoms. The summed E-state index contributed by atoms with van der Waals surface area (Å²) >= 11 is 1.48. The van der Waals surface area contributed by atoms with Crippen LogP contribution in [0.4, 0.5) is 5.69 Å². The van der Waals surface area contributed by atoms with Crippen LogP contribution in [0.1, 0.15) is 32.5 Å². The molecule has 21 heavy (non-hydrogen) atoms. The maximum absolute atomic E-state index is 11.6. The lowest BCUT2D eigenvalue weighted by Gasteiger charge is -2.06. The summed E-state index contributed by atoms with van der Waals surface area (Å²) in [7, 11) is 0. The molecule has 0 atom stereocenters. The van der Waals surface area contributed by atoms with E-state index in [0.717, 1.165) is 10.6 Å². The molecule has 1 aromatic heterocycles. The summed E-state index contributed by atoms with van der Waals surface area (Å²) in [6.45, 7) is 3.10. The third-order valence-electron chi connectivity index (χ3n) is 2.89. The van der Waals surface area contributed by atoms with Crippen molar-refractivity contribution in [2.24, 2.45) is 5.73 Å². The smallest absolute Gasteiger partial charge is 0.251 e. The van der Waals surface area contributed by atoms with Crippen LogP contribution in [0.15, 0.2) is 35.7 Å². The molecule has 0 unspecified atom stereocenters. The fourth-order valence-corrected chi connectivity index (χ4v) is 2.61. The predicted molar refractivity (Wildman–Crippen MR) is 84.6 cm³/mol. The van der Waals surface area contributed by atoms with E-state index in [1.165, 1.54) is 11.3 Å². The number of carbonyl (C=O) groups excluding carboxylic acids is 2. The Bertz CT molecular complexity index is 635. The van der Waals surface area contributed by atoms with E-state index in [9.17, 15) is 9.59 Å². The Morgan fingerprint density at radius 1 is 1.19 bits per heavy atom. The summed E-state index contributed by atoms with van der Waals surface area (Å²) in [5.74, 6) is -0.489. The molecule has 0 spiro atoms. The number of hydrogen-bond donors (Lipinski definition) is 3. The maximum Gasteiger partial charge on any atom is 0.251 e. The first-order valence-electron chi connectivity index (χ1n) is 6.59. The van der Waals surface area contributed by atoms with Crippen LogP contribution >= 0.6 is 11.3 Å². The van der Waals surface area contributed by atoms with Gasteiger partial charge >= 0.3 is 0 Å². The minimum Gasteiger partial charge on any atom is -0.380 e. The first-order valence-corrected chi connectivity index (χ1v) is 7.47. The average molecular weight is 303 g/mol. The van der Waals surface area contributed by atoms with Crippen LogP contribution in [0.5, 0.6) is 0 Å². The van der Waals surface area contributed by atoms with Gasteiger partial charge < -0.3 is 16.4 Å². The van der Waals surface area contributed by atoms with Gasteiger partial charge in [0.2, 0.25) is 5.91 Å². The molecule has 0 aliphatic heterocycles. The zero-order chi connectivity index (χ0) is 15.2. The van der Waals surface area contributed by atoms with Gasteiger partial charge in [-0.1, -0.05) is 0 Å². The first kappa shape index (κ1) is 15.1. The zero-order valence-corrected chi connectivity index (χ0v) is 12.5. The van der Waals surface area contributed by atoms with Gasteiger partial charge in [-0.3, -0.25) is 9.59 Å². The van der Waals surface area contributed by atoms with Crippen molar-refractivity contribution in [3.05, 3.63) is 51.7 Å². The van der Waals surface area contributed by atoms with Crippen LogP contribution < -0.4 is 16.4 Å². The molecule has 4 N–H and O–H groups in total. The van der Waals surface area contributed by atoms with Gasteiger partial charge in [0.05, 0.1) is 5.56 Å². The number of carbonyl (C=O) groups is 2. The van der Waals surface area contributed by atoms with E-state index in [-0.39, 0.29) is 5.91 Å².